The molecule has 1 saturated carbocycles. The van der Waals surface area contributed by atoms with Crippen molar-refractivity contribution < 1.29 is 9.18 Å². The predicted octanol–water partition coefficient (Wildman–Crippen LogP) is 2.68. The summed E-state index contributed by atoms with van der Waals surface area (Å²) >= 11 is 0. The van der Waals surface area contributed by atoms with Gasteiger partial charge in [0, 0.05) is 31.9 Å². The minimum absolute atomic E-state index is 0.0521. The van der Waals surface area contributed by atoms with Gasteiger partial charge < -0.3 is 10.2 Å². The van der Waals surface area contributed by atoms with E-state index in [9.17, 15) is 14.4 Å². The zero-order valence-electron chi connectivity index (χ0n) is 15.4. The first kappa shape index (κ1) is 18.7. The lowest BCUT2D eigenvalue weighted by Gasteiger charge is -2.40. The maximum atomic E-state index is 13.1. The zero-order valence-corrected chi connectivity index (χ0v) is 15.4. The summed E-state index contributed by atoms with van der Waals surface area (Å²) in [6, 6.07) is 8.63. The normalized spacial score (nSPS) is 21.7. The molecular formula is C20H27FN4O. The summed E-state index contributed by atoms with van der Waals surface area (Å²) in [6.07, 6.45) is 4.64. The number of halogens is 1. The van der Waals surface area contributed by atoms with Crippen LogP contribution in [0.3, 0.4) is 0 Å². The monoisotopic (exact) mass is 358 g/mol. The predicted molar refractivity (Wildman–Crippen MR) is 99.2 cm³/mol. The Morgan fingerprint density at radius 2 is 1.77 bits per heavy atom. The van der Waals surface area contributed by atoms with Crippen LogP contribution in [0.25, 0.3) is 0 Å². The van der Waals surface area contributed by atoms with Crippen molar-refractivity contribution in [2.45, 2.75) is 50.6 Å². The minimum atomic E-state index is -0.681. The molecule has 1 atom stereocenters. The molecule has 1 aliphatic carbocycles. The SMILES string of the molecule is CC(C(=O)NC1(C#N)CCCCC1)N1CCN(c2ccc(F)cc2)CC1. The van der Waals surface area contributed by atoms with Crippen molar-refractivity contribution in [3.05, 3.63) is 30.1 Å². The van der Waals surface area contributed by atoms with Gasteiger partial charge in [0.1, 0.15) is 11.4 Å². The van der Waals surface area contributed by atoms with Crippen molar-refractivity contribution in [1.29, 1.82) is 5.26 Å². The van der Waals surface area contributed by atoms with Crippen LogP contribution in [0.1, 0.15) is 39.0 Å². The molecular weight excluding hydrogens is 331 g/mol. The molecule has 0 bridgehead atoms. The third-order valence-corrected chi connectivity index (χ3v) is 5.72. The van der Waals surface area contributed by atoms with Crippen LogP contribution in [-0.2, 0) is 4.79 Å². The standard InChI is InChI=1S/C20H27FN4O/c1-16(19(26)23-20(15-22)9-3-2-4-10-20)24-11-13-25(14-12-24)18-7-5-17(21)6-8-18/h5-8,16H,2-4,9-14H2,1H3,(H,23,26). The highest BCUT2D eigenvalue weighted by Crippen LogP contribution is 2.28. The summed E-state index contributed by atoms with van der Waals surface area (Å²) in [5, 5.41) is 12.6. The van der Waals surface area contributed by atoms with Crippen molar-refractivity contribution in [3.8, 4) is 6.07 Å². The molecule has 26 heavy (non-hydrogen) atoms. The number of hydrogen-bond acceptors (Lipinski definition) is 4. The highest BCUT2D eigenvalue weighted by atomic mass is 19.1. The van der Waals surface area contributed by atoms with Crippen molar-refractivity contribution in [3.63, 3.8) is 0 Å². The van der Waals surface area contributed by atoms with E-state index in [-0.39, 0.29) is 17.8 Å². The van der Waals surface area contributed by atoms with Gasteiger partial charge in [0.2, 0.25) is 5.91 Å². The molecule has 5 nitrogen and oxygen atoms in total. The van der Waals surface area contributed by atoms with E-state index in [0.717, 1.165) is 64.0 Å². The van der Waals surface area contributed by atoms with E-state index >= 15 is 0 Å². The molecule has 1 heterocycles. The number of carbonyl (C=O) groups excluding carboxylic acids is 1. The summed E-state index contributed by atoms with van der Waals surface area (Å²) in [4.78, 5) is 17.1. The molecule has 1 aromatic carbocycles. The number of nitriles is 1. The van der Waals surface area contributed by atoms with Crippen molar-refractivity contribution in [2.24, 2.45) is 0 Å². The van der Waals surface area contributed by atoms with Crippen LogP contribution < -0.4 is 10.2 Å². The molecule has 3 rings (SSSR count). The third kappa shape index (κ3) is 4.16. The second-order valence-corrected chi connectivity index (χ2v) is 7.42. The summed E-state index contributed by atoms with van der Waals surface area (Å²) < 4.78 is 13.1. The number of hydrogen-bond donors (Lipinski definition) is 1. The lowest BCUT2D eigenvalue weighted by Crippen LogP contribution is -2.58. The van der Waals surface area contributed by atoms with E-state index in [1.807, 2.05) is 6.92 Å². The van der Waals surface area contributed by atoms with Crippen LogP contribution in [0, 0.1) is 17.1 Å². The molecule has 0 radical (unpaired) electrons. The molecule has 1 amide bonds. The maximum absolute atomic E-state index is 13.1. The van der Waals surface area contributed by atoms with Gasteiger partial charge in [-0.05, 0) is 44.0 Å². The molecule has 6 heteroatoms. The molecule has 1 N–H and O–H groups in total. The summed E-state index contributed by atoms with van der Waals surface area (Å²) in [7, 11) is 0. The fraction of sp³-hybridized carbons (Fsp3) is 0.600. The number of anilines is 1. The highest BCUT2D eigenvalue weighted by molar-refractivity contribution is 5.82. The third-order valence-electron chi connectivity index (χ3n) is 5.72. The first-order valence-corrected chi connectivity index (χ1v) is 9.51. The topological polar surface area (TPSA) is 59.4 Å². The van der Waals surface area contributed by atoms with Crippen molar-refractivity contribution in [1.82, 2.24) is 10.2 Å². The van der Waals surface area contributed by atoms with Crippen LogP contribution in [0.4, 0.5) is 10.1 Å². The second-order valence-electron chi connectivity index (χ2n) is 7.42. The number of piperazine rings is 1. The van der Waals surface area contributed by atoms with Crippen LogP contribution >= 0.6 is 0 Å². The van der Waals surface area contributed by atoms with E-state index in [4.69, 9.17) is 0 Å². The van der Waals surface area contributed by atoms with E-state index < -0.39 is 5.54 Å². The molecule has 0 spiro atoms. The van der Waals surface area contributed by atoms with E-state index in [2.05, 4.69) is 21.2 Å². The van der Waals surface area contributed by atoms with Crippen LogP contribution in [0.15, 0.2) is 24.3 Å². The van der Waals surface area contributed by atoms with Gasteiger partial charge in [-0.15, -0.1) is 0 Å². The largest absolute Gasteiger partial charge is 0.369 e. The maximum Gasteiger partial charge on any atom is 0.238 e. The number of rotatable bonds is 4. The Morgan fingerprint density at radius 3 is 2.35 bits per heavy atom. The van der Waals surface area contributed by atoms with Gasteiger partial charge in [0.25, 0.3) is 0 Å². The first-order chi connectivity index (χ1) is 12.5. The summed E-state index contributed by atoms with van der Waals surface area (Å²) in [6.45, 7) is 5.05. The Balaban J connectivity index is 1.54. The van der Waals surface area contributed by atoms with Crippen LogP contribution in [0.5, 0.6) is 0 Å². The van der Waals surface area contributed by atoms with E-state index in [1.54, 1.807) is 12.1 Å². The average Bonchev–Trinajstić information content (AvgIpc) is 2.69. The lowest BCUT2D eigenvalue weighted by atomic mass is 9.82. The Morgan fingerprint density at radius 1 is 1.15 bits per heavy atom. The van der Waals surface area contributed by atoms with Gasteiger partial charge in [-0.3, -0.25) is 9.69 Å². The van der Waals surface area contributed by atoms with Crippen molar-refractivity contribution in [2.75, 3.05) is 31.1 Å². The van der Waals surface area contributed by atoms with E-state index in [1.165, 1.54) is 12.1 Å². The lowest BCUT2D eigenvalue weighted by molar-refractivity contribution is -0.127. The summed E-state index contributed by atoms with van der Waals surface area (Å²) in [5.74, 6) is -0.282. The Kier molecular flexibility index (Phi) is 5.77. The Labute approximate surface area is 154 Å². The van der Waals surface area contributed by atoms with Gasteiger partial charge in [-0.2, -0.15) is 5.26 Å². The Hall–Kier alpha value is -2.13. The first-order valence-electron chi connectivity index (χ1n) is 9.51. The smallest absolute Gasteiger partial charge is 0.238 e. The quantitative estimate of drug-likeness (QED) is 0.899. The van der Waals surface area contributed by atoms with Gasteiger partial charge in [0.05, 0.1) is 12.1 Å². The number of carbonyl (C=O) groups is 1. The number of nitrogens with zero attached hydrogens (tertiary/aromatic N) is 3. The molecule has 1 unspecified atom stereocenters. The number of amides is 1. The van der Waals surface area contributed by atoms with Gasteiger partial charge in [-0.1, -0.05) is 19.3 Å². The average molecular weight is 358 g/mol. The minimum Gasteiger partial charge on any atom is -0.369 e. The van der Waals surface area contributed by atoms with Gasteiger partial charge in [0.15, 0.2) is 0 Å². The number of nitrogens with one attached hydrogen (secondary N) is 1. The van der Waals surface area contributed by atoms with E-state index in [0.29, 0.717) is 0 Å². The highest BCUT2D eigenvalue weighted by Gasteiger charge is 2.36. The fourth-order valence-corrected chi connectivity index (χ4v) is 3.95. The molecule has 1 aliphatic heterocycles. The zero-order chi connectivity index (χ0) is 18.6. The van der Waals surface area contributed by atoms with Crippen LogP contribution in [-0.4, -0.2) is 48.6 Å². The molecule has 0 aromatic heterocycles. The van der Waals surface area contributed by atoms with Crippen LogP contribution in [0.2, 0.25) is 0 Å². The summed E-state index contributed by atoms with van der Waals surface area (Å²) in [5.41, 5.74) is 0.327. The fourth-order valence-electron chi connectivity index (χ4n) is 3.95. The Bertz CT molecular complexity index is 655. The second kappa shape index (κ2) is 8.05. The van der Waals surface area contributed by atoms with Gasteiger partial charge >= 0.3 is 0 Å². The van der Waals surface area contributed by atoms with Gasteiger partial charge in [-0.25, -0.2) is 4.39 Å². The van der Waals surface area contributed by atoms with Crippen molar-refractivity contribution >= 4 is 11.6 Å². The molecule has 1 aromatic rings. The molecule has 2 fully saturated rings. The number of benzene rings is 1. The molecule has 2 aliphatic rings. The molecule has 1 saturated heterocycles. The molecule has 140 valence electrons.